The molecule has 2 N–H and O–H groups in total. The van der Waals surface area contributed by atoms with Crippen molar-refractivity contribution in [1.82, 2.24) is 15.1 Å². The molecule has 0 fully saturated rings. The molecule has 2 rings (SSSR count). The highest BCUT2D eigenvalue weighted by Crippen LogP contribution is 2.18. The van der Waals surface area contributed by atoms with Crippen molar-refractivity contribution in [3.05, 3.63) is 42.7 Å². The van der Waals surface area contributed by atoms with E-state index >= 15 is 0 Å². The first-order valence-corrected chi connectivity index (χ1v) is 6.14. The van der Waals surface area contributed by atoms with Crippen molar-refractivity contribution in [1.29, 1.82) is 0 Å². The van der Waals surface area contributed by atoms with Crippen molar-refractivity contribution in [3.8, 4) is 5.69 Å². The fourth-order valence-electron chi connectivity index (χ4n) is 1.68. The molecule has 1 aromatic carbocycles. The van der Waals surface area contributed by atoms with Crippen molar-refractivity contribution >= 4 is 11.7 Å². The Bertz CT molecular complexity index is 555. The van der Waals surface area contributed by atoms with Crippen LogP contribution in [0.4, 0.5) is 10.5 Å². The second kappa shape index (κ2) is 5.14. The molecule has 0 unspecified atom stereocenters. The van der Waals surface area contributed by atoms with E-state index in [1.807, 2.05) is 57.3 Å². The lowest BCUT2D eigenvalue weighted by Gasteiger charge is -2.21. The molecule has 1 aromatic heterocycles. The largest absolute Gasteiger partial charge is 0.333 e. The molecule has 0 spiro atoms. The number of para-hydroxylation sites is 2. The molecule has 19 heavy (non-hydrogen) atoms. The Labute approximate surface area is 112 Å². The zero-order valence-corrected chi connectivity index (χ0v) is 11.3. The van der Waals surface area contributed by atoms with Gasteiger partial charge < -0.3 is 10.6 Å². The van der Waals surface area contributed by atoms with E-state index in [-0.39, 0.29) is 11.6 Å². The summed E-state index contributed by atoms with van der Waals surface area (Å²) in [6, 6.07) is 9.14. The molecule has 0 aliphatic heterocycles. The van der Waals surface area contributed by atoms with Gasteiger partial charge in [0.25, 0.3) is 0 Å². The molecule has 0 aliphatic rings. The lowest BCUT2D eigenvalue weighted by Crippen LogP contribution is -2.43. The first-order valence-electron chi connectivity index (χ1n) is 6.14. The molecular formula is C14H18N4O. The average molecular weight is 258 g/mol. The van der Waals surface area contributed by atoms with Crippen LogP contribution in [0.2, 0.25) is 0 Å². The third-order valence-electron chi connectivity index (χ3n) is 2.39. The van der Waals surface area contributed by atoms with Gasteiger partial charge in [0.15, 0.2) is 0 Å². The summed E-state index contributed by atoms with van der Waals surface area (Å²) in [6.07, 6.45) is 3.54. The number of urea groups is 1. The lowest BCUT2D eigenvalue weighted by molar-refractivity contribution is 0.244. The van der Waals surface area contributed by atoms with E-state index in [4.69, 9.17) is 0 Å². The summed E-state index contributed by atoms with van der Waals surface area (Å²) in [5.74, 6) is 0. The molecule has 1 heterocycles. The Kier molecular flexibility index (Phi) is 3.55. The predicted octanol–water partition coefficient (Wildman–Crippen LogP) is 2.79. The minimum Gasteiger partial charge on any atom is -0.333 e. The summed E-state index contributed by atoms with van der Waals surface area (Å²) in [6.45, 7) is 5.81. The molecule has 0 radical (unpaired) electrons. The molecule has 0 saturated carbocycles. The quantitative estimate of drug-likeness (QED) is 0.870. The first kappa shape index (κ1) is 13.1. The maximum Gasteiger partial charge on any atom is 0.319 e. The third kappa shape index (κ3) is 3.58. The fraction of sp³-hybridized carbons (Fsp3) is 0.286. The van der Waals surface area contributed by atoms with E-state index < -0.39 is 0 Å². The Hall–Kier alpha value is -2.30. The first-order chi connectivity index (χ1) is 8.96. The summed E-state index contributed by atoms with van der Waals surface area (Å²) in [5.41, 5.74) is 1.27. The van der Waals surface area contributed by atoms with Crippen LogP contribution in [-0.2, 0) is 0 Å². The number of hydrogen-bond donors (Lipinski definition) is 2. The predicted molar refractivity (Wildman–Crippen MR) is 75.5 cm³/mol. The van der Waals surface area contributed by atoms with Gasteiger partial charge in [-0.15, -0.1) is 0 Å². The van der Waals surface area contributed by atoms with Crippen LogP contribution >= 0.6 is 0 Å². The monoisotopic (exact) mass is 258 g/mol. The van der Waals surface area contributed by atoms with Crippen LogP contribution in [0.1, 0.15) is 20.8 Å². The zero-order chi connectivity index (χ0) is 13.9. The maximum absolute atomic E-state index is 11.9. The highest BCUT2D eigenvalue weighted by atomic mass is 16.2. The fourth-order valence-corrected chi connectivity index (χ4v) is 1.68. The molecule has 100 valence electrons. The second-order valence-corrected chi connectivity index (χ2v) is 5.30. The molecule has 5 nitrogen and oxygen atoms in total. The summed E-state index contributed by atoms with van der Waals surface area (Å²) < 4.78 is 1.71. The van der Waals surface area contributed by atoms with Crippen LogP contribution in [0.25, 0.3) is 5.69 Å². The Morgan fingerprint density at radius 3 is 2.58 bits per heavy atom. The van der Waals surface area contributed by atoms with E-state index in [1.54, 1.807) is 10.9 Å². The van der Waals surface area contributed by atoms with E-state index in [0.29, 0.717) is 5.69 Å². The summed E-state index contributed by atoms with van der Waals surface area (Å²) in [4.78, 5) is 11.9. The standard InChI is InChI=1S/C14H18N4O/c1-14(2,3)17-13(19)16-11-7-4-5-8-12(11)18-10-6-9-15-18/h4-10H,1-3H3,(H2,16,17,19). The minimum atomic E-state index is -0.273. The van der Waals surface area contributed by atoms with Gasteiger partial charge in [0.05, 0.1) is 11.4 Å². The van der Waals surface area contributed by atoms with Crippen LogP contribution in [0.3, 0.4) is 0 Å². The van der Waals surface area contributed by atoms with E-state index in [1.165, 1.54) is 0 Å². The van der Waals surface area contributed by atoms with Crippen LogP contribution in [0, 0.1) is 0 Å². The van der Waals surface area contributed by atoms with Gasteiger partial charge in [-0.3, -0.25) is 0 Å². The summed E-state index contributed by atoms with van der Waals surface area (Å²) >= 11 is 0. The van der Waals surface area contributed by atoms with Gasteiger partial charge >= 0.3 is 6.03 Å². The normalized spacial score (nSPS) is 11.1. The minimum absolute atomic E-state index is 0.230. The molecule has 0 bridgehead atoms. The molecule has 2 aromatic rings. The second-order valence-electron chi connectivity index (χ2n) is 5.30. The van der Waals surface area contributed by atoms with Crippen LogP contribution in [0.5, 0.6) is 0 Å². The van der Waals surface area contributed by atoms with Crippen LogP contribution in [-0.4, -0.2) is 21.4 Å². The number of nitrogens with zero attached hydrogens (tertiary/aromatic N) is 2. The number of benzene rings is 1. The van der Waals surface area contributed by atoms with Crippen molar-refractivity contribution in [3.63, 3.8) is 0 Å². The maximum atomic E-state index is 11.9. The number of hydrogen-bond acceptors (Lipinski definition) is 2. The zero-order valence-electron chi connectivity index (χ0n) is 11.3. The van der Waals surface area contributed by atoms with Gasteiger partial charge in [-0.2, -0.15) is 5.10 Å². The number of rotatable bonds is 2. The highest BCUT2D eigenvalue weighted by Gasteiger charge is 2.14. The number of aromatic nitrogens is 2. The molecular weight excluding hydrogens is 240 g/mol. The summed E-state index contributed by atoms with van der Waals surface area (Å²) in [7, 11) is 0. The molecule has 5 heteroatoms. The average Bonchev–Trinajstić information content (AvgIpc) is 2.80. The lowest BCUT2D eigenvalue weighted by atomic mass is 10.1. The summed E-state index contributed by atoms with van der Waals surface area (Å²) in [5, 5.41) is 9.88. The van der Waals surface area contributed by atoms with Crippen molar-refractivity contribution < 1.29 is 4.79 Å². The van der Waals surface area contributed by atoms with Crippen LogP contribution in [0.15, 0.2) is 42.7 Å². The smallest absolute Gasteiger partial charge is 0.319 e. The topological polar surface area (TPSA) is 59.0 Å². The van der Waals surface area contributed by atoms with Crippen molar-refractivity contribution in [2.75, 3.05) is 5.32 Å². The van der Waals surface area contributed by atoms with E-state index in [9.17, 15) is 4.79 Å². The Balaban J connectivity index is 2.20. The highest BCUT2D eigenvalue weighted by molar-refractivity contribution is 5.91. The van der Waals surface area contributed by atoms with Gasteiger partial charge in [0.2, 0.25) is 0 Å². The van der Waals surface area contributed by atoms with Gasteiger partial charge in [0.1, 0.15) is 0 Å². The van der Waals surface area contributed by atoms with Crippen molar-refractivity contribution in [2.24, 2.45) is 0 Å². The third-order valence-corrected chi connectivity index (χ3v) is 2.39. The number of anilines is 1. The van der Waals surface area contributed by atoms with E-state index in [2.05, 4.69) is 15.7 Å². The molecule has 0 aliphatic carbocycles. The molecule has 0 atom stereocenters. The van der Waals surface area contributed by atoms with Crippen molar-refractivity contribution in [2.45, 2.75) is 26.3 Å². The van der Waals surface area contributed by atoms with Crippen LogP contribution < -0.4 is 10.6 Å². The Morgan fingerprint density at radius 2 is 1.95 bits per heavy atom. The van der Waals surface area contributed by atoms with E-state index in [0.717, 1.165) is 5.69 Å². The number of carbonyl (C=O) groups excluding carboxylic acids is 1. The number of nitrogens with one attached hydrogen (secondary N) is 2. The SMILES string of the molecule is CC(C)(C)NC(=O)Nc1ccccc1-n1cccn1. The van der Waals surface area contributed by atoms with Gasteiger partial charge in [-0.25, -0.2) is 9.48 Å². The molecule has 2 amide bonds. The number of carbonyl (C=O) groups is 1. The molecule has 0 saturated heterocycles. The Morgan fingerprint density at radius 1 is 1.21 bits per heavy atom. The van der Waals surface area contributed by atoms with Gasteiger partial charge in [-0.05, 0) is 39.0 Å². The van der Waals surface area contributed by atoms with Gasteiger partial charge in [-0.1, -0.05) is 12.1 Å². The van der Waals surface area contributed by atoms with Gasteiger partial charge in [0, 0.05) is 17.9 Å². The number of amides is 2.